The quantitative estimate of drug-likeness (QED) is 0.785. The highest BCUT2D eigenvalue weighted by molar-refractivity contribution is 8.00. The SMILES string of the molecule is O=C(O)C1CCN(C(=O)C2CCCS2)CC1C(=O)O. The van der Waals surface area contributed by atoms with Crippen LogP contribution in [0.4, 0.5) is 0 Å². The van der Waals surface area contributed by atoms with E-state index in [2.05, 4.69) is 0 Å². The molecule has 3 unspecified atom stereocenters. The molecule has 19 heavy (non-hydrogen) atoms. The van der Waals surface area contributed by atoms with Gasteiger partial charge in [-0.1, -0.05) is 0 Å². The molecule has 2 heterocycles. The van der Waals surface area contributed by atoms with Crippen molar-refractivity contribution in [2.75, 3.05) is 18.8 Å². The summed E-state index contributed by atoms with van der Waals surface area (Å²) in [5.74, 6) is -3.18. The van der Waals surface area contributed by atoms with Gasteiger partial charge in [-0.3, -0.25) is 14.4 Å². The molecular formula is C12H17NO5S. The van der Waals surface area contributed by atoms with Gasteiger partial charge in [-0.2, -0.15) is 0 Å². The molecule has 6 nitrogen and oxygen atoms in total. The predicted molar refractivity (Wildman–Crippen MR) is 68.9 cm³/mol. The second-order valence-corrected chi connectivity index (χ2v) is 6.27. The zero-order chi connectivity index (χ0) is 14.0. The molecule has 2 aliphatic rings. The van der Waals surface area contributed by atoms with Gasteiger partial charge in [-0.25, -0.2) is 0 Å². The van der Waals surface area contributed by atoms with Crippen molar-refractivity contribution in [3.63, 3.8) is 0 Å². The normalized spacial score (nSPS) is 31.2. The van der Waals surface area contributed by atoms with Gasteiger partial charge < -0.3 is 15.1 Å². The molecule has 0 aliphatic carbocycles. The fourth-order valence-corrected chi connectivity index (χ4v) is 3.92. The number of nitrogens with zero attached hydrogens (tertiary/aromatic N) is 1. The molecule has 0 aromatic heterocycles. The minimum atomic E-state index is -1.14. The minimum absolute atomic E-state index is 0.0161. The molecular weight excluding hydrogens is 270 g/mol. The summed E-state index contributed by atoms with van der Waals surface area (Å²) in [5.41, 5.74) is 0. The first kappa shape index (κ1) is 14.2. The number of hydrogen-bond donors (Lipinski definition) is 2. The number of rotatable bonds is 3. The van der Waals surface area contributed by atoms with Crippen molar-refractivity contribution >= 4 is 29.6 Å². The topological polar surface area (TPSA) is 94.9 Å². The molecule has 0 aromatic rings. The Balaban J connectivity index is 2.03. The van der Waals surface area contributed by atoms with Crippen molar-refractivity contribution in [3.05, 3.63) is 0 Å². The van der Waals surface area contributed by atoms with Gasteiger partial charge in [0.2, 0.25) is 5.91 Å². The fourth-order valence-electron chi connectivity index (χ4n) is 2.67. The van der Waals surface area contributed by atoms with Crippen LogP contribution in [-0.2, 0) is 14.4 Å². The third-order valence-electron chi connectivity index (χ3n) is 3.76. The maximum Gasteiger partial charge on any atom is 0.309 e. The molecule has 3 atom stereocenters. The van der Waals surface area contributed by atoms with E-state index in [0.717, 1.165) is 18.6 Å². The Labute approximate surface area is 115 Å². The summed E-state index contributed by atoms with van der Waals surface area (Å²) in [6.07, 6.45) is 2.06. The lowest BCUT2D eigenvalue weighted by atomic mass is 9.85. The van der Waals surface area contributed by atoms with Crippen LogP contribution in [0.25, 0.3) is 0 Å². The van der Waals surface area contributed by atoms with E-state index >= 15 is 0 Å². The third-order valence-corrected chi connectivity index (χ3v) is 5.13. The van der Waals surface area contributed by atoms with Crippen molar-refractivity contribution in [2.45, 2.75) is 24.5 Å². The van der Waals surface area contributed by atoms with Crippen molar-refractivity contribution in [2.24, 2.45) is 11.8 Å². The van der Waals surface area contributed by atoms with E-state index in [-0.39, 0.29) is 24.1 Å². The van der Waals surface area contributed by atoms with Crippen LogP contribution in [0.3, 0.4) is 0 Å². The maximum absolute atomic E-state index is 12.2. The van der Waals surface area contributed by atoms with E-state index in [1.54, 1.807) is 11.8 Å². The molecule has 0 spiro atoms. The number of likely N-dealkylation sites (tertiary alicyclic amines) is 1. The molecule has 2 fully saturated rings. The Hall–Kier alpha value is -1.24. The van der Waals surface area contributed by atoms with Crippen LogP contribution in [0.1, 0.15) is 19.3 Å². The number of carboxylic acids is 2. The van der Waals surface area contributed by atoms with E-state index in [0.29, 0.717) is 6.54 Å². The van der Waals surface area contributed by atoms with E-state index in [9.17, 15) is 14.4 Å². The summed E-state index contributed by atoms with van der Waals surface area (Å²) in [5, 5.41) is 18.1. The molecule has 0 aromatic carbocycles. The smallest absolute Gasteiger partial charge is 0.309 e. The summed E-state index contributed by atoms with van der Waals surface area (Å²) in [6, 6.07) is 0. The van der Waals surface area contributed by atoms with Crippen molar-refractivity contribution in [1.29, 1.82) is 0 Å². The highest BCUT2D eigenvalue weighted by Crippen LogP contribution is 2.31. The van der Waals surface area contributed by atoms with Crippen molar-refractivity contribution in [3.8, 4) is 0 Å². The van der Waals surface area contributed by atoms with Gasteiger partial charge in [0, 0.05) is 13.1 Å². The Morgan fingerprint density at radius 1 is 1.05 bits per heavy atom. The first-order chi connectivity index (χ1) is 9.00. The summed E-state index contributed by atoms with van der Waals surface area (Å²) < 4.78 is 0. The van der Waals surface area contributed by atoms with Crippen LogP contribution in [0.2, 0.25) is 0 Å². The number of thioether (sulfide) groups is 1. The lowest BCUT2D eigenvalue weighted by Crippen LogP contribution is -2.50. The van der Waals surface area contributed by atoms with Gasteiger partial charge in [0.15, 0.2) is 0 Å². The summed E-state index contributed by atoms with van der Waals surface area (Å²) >= 11 is 1.61. The number of carbonyl (C=O) groups is 3. The number of aliphatic carboxylic acids is 2. The van der Waals surface area contributed by atoms with Gasteiger partial charge in [-0.05, 0) is 25.0 Å². The van der Waals surface area contributed by atoms with Crippen LogP contribution < -0.4 is 0 Å². The Morgan fingerprint density at radius 2 is 1.74 bits per heavy atom. The average Bonchev–Trinajstić information content (AvgIpc) is 2.90. The van der Waals surface area contributed by atoms with Crippen LogP contribution in [-0.4, -0.2) is 57.1 Å². The second kappa shape index (κ2) is 5.81. The molecule has 7 heteroatoms. The Bertz CT molecular complexity index is 394. The lowest BCUT2D eigenvalue weighted by molar-refractivity contribution is -0.159. The number of hydrogen-bond acceptors (Lipinski definition) is 4. The van der Waals surface area contributed by atoms with Crippen LogP contribution >= 0.6 is 11.8 Å². The zero-order valence-electron chi connectivity index (χ0n) is 10.4. The van der Waals surface area contributed by atoms with Gasteiger partial charge in [0.05, 0.1) is 17.1 Å². The molecule has 0 radical (unpaired) electrons. The van der Waals surface area contributed by atoms with E-state index < -0.39 is 23.8 Å². The van der Waals surface area contributed by atoms with Gasteiger partial charge in [0.1, 0.15) is 0 Å². The largest absolute Gasteiger partial charge is 0.481 e. The molecule has 2 N–H and O–H groups in total. The maximum atomic E-state index is 12.2. The molecule has 0 bridgehead atoms. The summed E-state index contributed by atoms with van der Waals surface area (Å²) in [7, 11) is 0. The fraction of sp³-hybridized carbons (Fsp3) is 0.750. The Morgan fingerprint density at radius 3 is 2.26 bits per heavy atom. The average molecular weight is 287 g/mol. The minimum Gasteiger partial charge on any atom is -0.481 e. The molecule has 2 rings (SSSR count). The zero-order valence-corrected chi connectivity index (χ0v) is 11.3. The summed E-state index contributed by atoms with van der Waals surface area (Å²) in [6.45, 7) is 0.360. The van der Waals surface area contributed by atoms with Gasteiger partial charge >= 0.3 is 11.9 Å². The van der Waals surface area contributed by atoms with Gasteiger partial charge in [-0.15, -0.1) is 11.8 Å². The molecule has 2 aliphatic heterocycles. The predicted octanol–water partition coefficient (Wildman–Crippen LogP) is 0.516. The lowest BCUT2D eigenvalue weighted by Gasteiger charge is -2.35. The third kappa shape index (κ3) is 3.02. The molecule has 1 amide bonds. The van der Waals surface area contributed by atoms with E-state index in [1.165, 1.54) is 4.90 Å². The number of piperidine rings is 1. The number of amides is 1. The standard InChI is InChI=1S/C12H17NO5S/c14-10(9-2-1-5-19-9)13-4-3-7(11(15)16)8(6-13)12(17)18/h7-9H,1-6H2,(H,15,16)(H,17,18). The van der Waals surface area contributed by atoms with Crippen LogP contribution in [0, 0.1) is 11.8 Å². The van der Waals surface area contributed by atoms with E-state index in [1.807, 2.05) is 0 Å². The van der Waals surface area contributed by atoms with Crippen LogP contribution in [0.15, 0.2) is 0 Å². The highest BCUT2D eigenvalue weighted by Gasteiger charge is 2.41. The number of carbonyl (C=O) groups excluding carboxylic acids is 1. The van der Waals surface area contributed by atoms with Crippen LogP contribution in [0.5, 0.6) is 0 Å². The molecule has 0 saturated carbocycles. The molecule has 106 valence electrons. The monoisotopic (exact) mass is 287 g/mol. The first-order valence-corrected chi connectivity index (χ1v) is 7.41. The summed E-state index contributed by atoms with van der Waals surface area (Å²) in [4.78, 5) is 35.9. The number of carboxylic acid groups (broad SMARTS) is 2. The Kier molecular flexibility index (Phi) is 4.34. The van der Waals surface area contributed by atoms with Crippen molar-refractivity contribution < 1.29 is 24.6 Å². The highest BCUT2D eigenvalue weighted by atomic mass is 32.2. The van der Waals surface area contributed by atoms with E-state index in [4.69, 9.17) is 10.2 Å². The van der Waals surface area contributed by atoms with Gasteiger partial charge in [0.25, 0.3) is 0 Å². The first-order valence-electron chi connectivity index (χ1n) is 6.36. The second-order valence-electron chi connectivity index (χ2n) is 4.96. The molecule has 2 saturated heterocycles. The van der Waals surface area contributed by atoms with Crippen molar-refractivity contribution in [1.82, 2.24) is 4.90 Å².